The summed E-state index contributed by atoms with van der Waals surface area (Å²) in [6.07, 6.45) is 8.15. The Hall–Kier alpha value is -1.84. The van der Waals surface area contributed by atoms with E-state index in [1.807, 2.05) is 12.5 Å². The molecule has 83 valence electrons. The molecule has 4 heteroatoms. The highest BCUT2D eigenvalue weighted by Gasteiger charge is 2.21. The highest BCUT2D eigenvalue weighted by Crippen LogP contribution is 2.31. The van der Waals surface area contributed by atoms with Crippen LogP contribution >= 0.6 is 0 Å². The third kappa shape index (κ3) is 1.91. The second-order valence-corrected chi connectivity index (χ2v) is 3.23. The highest BCUT2D eigenvalue weighted by atomic mass is 16.5. The van der Waals surface area contributed by atoms with E-state index >= 15 is 0 Å². The van der Waals surface area contributed by atoms with E-state index in [9.17, 15) is 0 Å². The molecule has 0 unspecified atom stereocenters. The van der Waals surface area contributed by atoms with Gasteiger partial charge in [-0.05, 0) is 18.6 Å². The second kappa shape index (κ2) is 4.79. The lowest BCUT2D eigenvalue weighted by Crippen LogP contribution is -2.07. The molecule has 4 nitrogen and oxygen atoms in total. The van der Waals surface area contributed by atoms with E-state index in [-0.39, 0.29) is 0 Å². The standard InChI is InChI=1S/C12H13N2O2/c1-15-9-5-3-6-10(16-2)11(9)12-13-7-4-8-14-12/h4-8H,3H2,1-2H3. The van der Waals surface area contributed by atoms with Crippen molar-refractivity contribution < 1.29 is 9.47 Å². The van der Waals surface area contributed by atoms with Crippen LogP contribution in [0.15, 0.2) is 36.1 Å². The molecule has 0 spiro atoms. The summed E-state index contributed by atoms with van der Waals surface area (Å²) in [6, 6.07) is 1.78. The largest absolute Gasteiger partial charge is 0.500 e. The maximum Gasteiger partial charge on any atom is 0.166 e. The lowest BCUT2D eigenvalue weighted by Gasteiger charge is -2.18. The number of methoxy groups -OCH3 is 2. The van der Waals surface area contributed by atoms with Gasteiger partial charge in [0.25, 0.3) is 0 Å². The van der Waals surface area contributed by atoms with Crippen molar-refractivity contribution >= 4 is 5.57 Å². The van der Waals surface area contributed by atoms with Crippen LogP contribution in [0.4, 0.5) is 0 Å². The van der Waals surface area contributed by atoms with E-state index in [0.717, 1.165) is 23.5 Å². The number of aromatic nitrogens is 2. The summed E-state index contributed by atoms with van der Waals surface area (Å²) in [5.41, 5.74) is 0.803. The zero-order valence-electron chi connectivity index (χ0n) is 9.30. The van der Waals surface area contributed by atoms with Crippen LogP contribution in [0.25, 0.3) is 5.57 Å². The summed E-state index contributed by atoms with van der Waals surface area (Å²) in [5.74, 6) is 2.12. The lowest BCUT2D eigenvalue weighted by molar-refractivity contribution is 0.279. The van der Waals surface area contributed by atoms with Crippen LogP contribution in [-0.2, 0) is 9.47 Å². The van der Waals surface area contributed by atoms with Gasteiger partial charge in [-0.3, -0.25) is 0 Å². The van der Waals surface area contributed by atoms with Gasteiger partial charge in [-0.2, -0.15) is 0 Å². The molecule has 1 aliphatic rings. The van der Waals surface area contributed by atoms with E-state index in [1.54, 1.807) is 32.7 Å². The summed E-state index contributed by atoms with van der Waals surface area (Å²) in [7, 11) is 3.26. The number of nitrogens with zero attached hydrogens (tertiary/aromatic N) is 2. The van der Waals surface area contributed by atoms with Gasteiger partial charge in [0.15, 0.2) is 5.82 Å². The number of rotatable bonds is 3. The number of hydrogen-bond donors (Lipinski definition) is 0. The molecule has 2 rings (SSSR count). The molecule has 0 aliphatic heterocycles. The van der Waals surface area contributed by atoms with Crippen LogP contribution in [-0.4, -0.2) is 24.2 Å². The molecule has 1 radical (unpaired) electrons. The topological polar surface area (TPSA) is 44.2 Å². The Morgan fingerprint density at radius 1 is 1.12 bits per heavy atom. The Balaban J connectivity index is 2.48. The van der Waals surface area contributed by atoms with Crippen LogP contribution in [0.3, 0.4) is 0 Å². The highest BCUT2D eigenvalue weighted by molar-refractivity contribution is 5.77. The van der Waals surface area contributed by atoms with Crippen LogP contribution in [0.5, 0.6) is 0 Å². The van der Waals surface area contributed by atoms with Crippen LogP contribution < -0.4 is 0 Å². The molecule has 1 aromatic rings. The number of allylic oxidation sites excluding steroid dienone is 3. The van der Waals surface area contributed by atoms with Crippen LogP contribution in [0.1, 0.15) is 12.2 Å². The second-order valence-electron chi connectivity index (χ2n) is 3.23. The summed E-state index contributed by atoms with van der Waals surface area (Å²) < 4.78 is 10.6. The fourth-order valence-electron chi connectivity index (χ4n) is 1.62. The van der Waals surface area contributed by atoms with Gasteiger partial charge >= 0.3 is 0 Å². The van der Waals surface area contributed by atoms with Gasteiger partial charge in [0.2, 0.25) is 0 Å². The van der Waals surface area contributed by atoms with E-state index in [1.165, 1.54) is 0 Å². The first-order valence-corrected chi connectivity index (χ1v) is 5.00. The lowest BCUT2D eigenvalue weighted by atomic mass is 10.0. The van der Waals surface area contributed by atoms with Crippen LogP contribution in [0, 0.1) is 6.42 Å². The SMILES string of the molecule is COC1=CC[CH]C(OC)=C1c1ncccn1. The quantitative estimate of drug-likeness (QED) is 0.776. The first kappa shape index (κ1) is 10.7. The van der Waals surface area contributed by atoms with Gasteiger partial charge in [0.1, 0.15) is 11.5 Å². The molecule has 0 amide bonds. The molecule has 0 saturated heterocycles. The van der Waals surface area contributed by atoms with Crippen molar-refractivity contribution in [3.63, 3.8) is 0 Å². The van der Waals surface area contributed by atoms with Gasteiger partial charge in [0.05, 0.1) is 19.8 Å². The molecule has 16 heavy (non-hydrogen) atoms. The Labute approximate surface area is 94.6 Å². The average molecular weight is 217 g/mol. The average Bonchev–Trinajstić information content (AvgIpc) is 2.38. The van der Waals surface area contributed by atoms with Gasteiger partial charge in [-0.25, -0.2) is 9.97 Å². The van der Waals surface area contributed by atoms with Gasteiger partial charge in [-0.15, -0.1) is 0 Å². The van der Waals surface area contributed by atoms with Crippen molar-refractivity contribution in [2.24, 2.45) is 0 Å². The Morgan fingerprint density at radius 2 is 1.88 bits per heavy atom. The molecular weight excluding hydrogens is 204 g/mol. The third-order valence-electron chi connectivity index (χ3n) is 2.33. The van der Waals surface area contributed by atoms with E-state index in [0.29, 0.717) is 5.82 Å². The fourth-order valence-corrected chi connectivity index (χ4v) is 1.62. The van der Waals surface area contributed by atoms with E-state index in [4.69, 9.17) is 9.47 Å². The zero-order valence-corrected chi connectivity index (χ0v) is 9.30. The third-order valence-corrected chi connectivity index (χ3v) is 2.33. The molecule has 1 aromatic heterocycles. The van der Waals surface area contributed by atoms with Gasteiger partial charge < -0.3 is 9.47 Å². The molecule has 0 bridgehead atoms. The molecule has 0 N–H and O–H groups in total. The predicted molar refractivity (Wildman–Crippen MR) is 60.0 cm³/mol. The van der Waals surface area contributed by atoms with Crippen molar-refractivity contribution in [2.45, 2.75) is 6.42 Å². The molecular formula is C12H13N2O2. The Morgan fingerprint density at radius 3 is 2.50 bits per heavy atom. The zero-order chi connectivity index (χ0) is 11.4. The van der Waals surface area contributed by atoms with Crippen molar-refractivity contribution in [2.75, 3.05) is 14.2 Å². The molecule has 0 saturated carbocycles. The monoisotopic (exact) mass is 217 g/mol. The van der Waals surface area contributed by atoms with Gasteiger partial charge in [0, 0.05) is 18.8 Å². The first-order chi connectivity index (χ1) is 7.86. The first-order valence-electron chi connectivity index (χ1n) is 5.00. The van der Waals surface area contributed by atoms with Crippen molar-refractivity contribution in [1.82, 2.24) is 9.97 Å². The van der Waals surface area contributed by atoms with Crippen molar-refractivity contribution in [1.29, 1.82) is 0 Å². The maximum atomic E-state index is 5.31. The molecule has 1 heterocycles. The summed E-state index contributed by atoms with van der Waals surface area (Å²) in [4.78, 5) is 8.42. The minimum absolute atomic E-state index is 0.614. The summed E-state index contributed by atoms with van der Waals surface area (Å²) in [6.45, 7) is 0. The Kier molecular flexibility index (Phi) is 3.19. The van der Waals surface area contributed by atoms with Crippen molar-refractivity contribution in [3.8, 4) is 0 Å². The molecule has 1 aliphatic carbocycles. The van der Waals surface area contributed by atoms with Gasteiger partial charge in [-0.1, -0.05) is 0 Å². The molecule has 0 atom stereocenters. The van der Waals surface area contributed by atoms with E-state index < -0.39 is 0 Å². The summed E-state index contributed by atoms with van der Waals surface area (Å²) in [5, 5.41) is 0. The van der Waals surface area contributed by atoms with Crippen molar-refractivity contribution in [3.05, 3.63) is 48.3 Å². The number of ether oxygens (including phenoxy) is 2. The number of hydrogen-bond acceptors (Lipinski definition) is 4. The maximum absolute atomic E-state index is 5.31. The minimum Gasteiger partial charge on any atom is -0.500 e. The predicted octanol–water partition coefficient (Wildman–Crippen LogP) is 1.97. The molecule has 0 fully saturated rings. The fraction of sp³-hybridized carbons (Fsp3) is 0.250. The normalized spacial score (nSPS) is 15.8. The molecule has 0 aromatic carbocycles. The Bertz CT molecular complexity index is 424. The minimum atomic E-state index is 0.614. The summed E-state index contributed by atoms with van der Waals surface area (Å²) >= 11 is 0. The van der Waals surface area contributed by atoms with Crippen LogP contribution in [0.2, 0.25) is 0 Å². The smallest absolute Gasteiger partial charge is 0.166 e. The van der Waals surface area contributed by atoms with E-state index in [2.05, 4.69) is 9.97 Å².